The summed E-state index contributed by atoms with van der Waals surface area (Å²) in [6, 6.07) is 2.88. The Balaban J connectivity index is 2.56. The molecule has 5 N–H and O–H groups in total. The molecule has 1 aliphatic rings. The molecule has 1 aliphatic heterocycles. The summed E-state index contributed by atoms with van der Waals surface area (Å²) in [4.78, 5) is 15.1. The van der Waals surface area contributed by atoms with Gasteiger partial charge in [0.25, 0.3) is 5.72 Å². The molecule has 0 saturated carbocycles. The quantitative estimate of drug-likeness (QED) is 0.445. The van der Waals surface area contributed by atoms with Crippen LogP contribution < -0.4 is 11.4 Å². The number of nitriles is 1. The van der Waals surface area contributed by atoms with Gasteiger partial charge in [-0.3, -0.25) is 4.57 Å². The van der Waals surface area contributed by atoms with Crippen molar-refractivity contribution in [2.45, 2.75) is 24.0 Å². The van der Waals surface area contributed by atoms with Gasteiger partial charge in [-0.05, 0) is 6.07 Å². The summed E-state index contributed by atoms with van der Waals surface area (Å²) < 4.78 is 5.88. The van der Waals surface area contributed by atoms with Crippen LogP contribution in [0.15, 0.2) is 17.1 Å². The van der Waals surface area contributed by atoms with Crippen molar-refractivity contribution in [2.75, 3.05) is 12.3 Å². The summed E-state index contributed by atoms with van der Waals surface area (Å²) in [6.07, 6.45) is -3.27. The maximum atomic E-state index is 11.7. The fraction of sp³-hybridized carbons (Fsp3) is 0.500. The fourth-order valence-electron chi connectivity index (χ4n) is 1.96. The molecule has 9 nitrogen and oxygen atoms in total. The summed E-state index contributed by atoms with van der Waals surface area (Å²) >= 11 is 0. The van der Waals surface area contributed by atoms with Gasteiger partial charge in [0.1, 0.15) is 30.2 Å². The Kier molecular flexibility index (Phi) is 3.25. The number of hydrogen-bond acceptors (Lipinski definition) is 8. The van der Waals surface area contributed by atoms with Gasteiger partial charge in [0, 0.05) is 6.20 Å². The van der Waals surface area contributed by atoms with Crippen LogP contribution in [0, 0.1) is 11.3 Å². The van der Waals surface area contributed by atoms with Crippen molar-refractivity contribution in [3.63, 3.8) is 0 Å². The Hall–Kier alpha value is -1.99. The zero-order valence-corrected chi connectivity index (χ0v) is 9.67. The molecule has 0 radical (unpaired) electrons. The van der Waals surface area contributed by atoms with E-state index in [2.05, 4.69) is 4.98 Å². The summed E-state index contributed by atoms with van der Waals surface area (Å²) in [7, 11) is 0. The molecule has 9 heteroatoms. The highest BCUT2D eigenvalue weighted by Crippen LogP contribution is 2.34. The van der Waals surface area contributed by atoms with Crippen LogP contribution >= 0.6 is 0 Å². The van der Waals surface area contributed by atoms with Gasteiger partial charge in [-0.2, -0.15) is 10.2 Å². The normalized spacial score (nSPS) is 34.1. The lowest BCUT2D eigenvalue weighted by Crippen LogP contribution is -2.49. The minimum atomic E-state index is -2.15. The first-order valence-corrected chi connectivity index (χ1v) is 5.38. The molecule has 102 valence electrons. The number of aliphatic hydroxyl groups excluding tert-OH is 3. The third-order valence-corrected chi connectivity index (χ3v) is 2.96. The minimum absolute atomic E-state index is 0.0546. The molecular weight excluding hydrogens is 256 g/mol. The zero-order valence-electron chi connectivity index (χ0n) is 9.67. The Morgan fingerprint density at radius 1 is 1.63 bits per heavy atom. The van der Waals surface area contributed by atoms with Crippen LogP contribution in [-0.2, 0) is 10.5 Å². The van der Waals surface area contributed by atoms with Crippen molar-refractivity contribution in [1.82, 2.24) is 9.55 Å². The maximum Gasteiger partial charge on any atom is 0.352 e. The molecule has 4 atom stereocenters. The van der Waals surface area contributed by atoms with E-state index in [0.29, 0.717) is 0 Å². The van der Waals surface area contributed by atoms with Crippen molar-refractivity contribution in [3.05, 3.63) is 22.7 Å². The Labute approximate surface area is 107 Å². The topological polar surface area (TPSA) is 155 Å². The van der Waals surface area contributed by atoms with E-state index in [1.807, 2.05) is 0 Å². The molecule has 19 heavy (non-hydrogen) atoms. The highest BCUT2D eigenvalue weighted by Gasteiger charge is 2.56. The van der Waals surface area contributed by atoms with Crippen LogP contribution in [0.5, 0.6) is 0 Å². The largest absolute Gasteiger partial charge is 0.394 e. The van der Waals surface area contributed by atoms with Crippen LogP contribution in [0.1, 0.15) is 0 Å². The predicted octanol–water partition coefficient (Wildman–Crippen LogP) is -2.89. The van der Waals surface area contributed by atoms with Crippen molar-refractivity contribution >= 4 is 5.82 Å². The van der Waals surface area contributed by atoms with Gasteiger partial charge >= 0.3 is 5.69 Å². The molecule has 0 aliphatic carbocycles. The van der Waals surface area contributed by atoms with Crippen molar-refractivity contribution in [2.24, 2.45) is 0 Å². The molecule has 0 spiro atoms. The number of anilines is 1. The van der Waals surface area contributed by atoms with Gasteiger partial charge < -0.3 is 25.8 Å². The van der Waals surface area contributed by atoms with Gasteiger partial charge in [-0.25, -0.2) is 4.79 Å². The Bertz CT molecular complexity index is 582. The second-order valence-electron chi connectivity index (χ2n) is 4.09. The molecule has 1 unspecified atom stereocenters. The number of nitrogens with zero attached hydrogens (tertiary/aromatic N) is 3. The van der Waals surface area contributed by atoms with E-state index in [1.165, 1.54) is 6.07 Å². The molecule has 0 amide bonds. The van der Waals surface area contributed by atoms with E-state index in [0.717, 1.165) is 10.8 Å². The van der Waals surface area contributed by atoms with Gasteiger partial charge in [0.05, 0.1) is 6.61 Å². The lowest BCUT2D eigenvalue weighted by Gasteiger charge is -2.26. The van der Waals surface area contributed by atoms with Gasteiger partial charge in [0.15, 0.2) is 0 Å². The molecule has 2 heterocycles. The average Bonchev–Trinajstić information content (AvgIpc) is 2.64. The first kappa shape index (κ1) is 13.4. The summed E-state index contributed by atoms with van der Waals surface area (Å²) in [5.74, 6) is -0.0546. The maximum absolute atomic E-state index is 11.7. The second kappa shape index (κ2) is 4.60. The van der Waals surface area contributed by atoms with E-state index >= 15 is 0 Å². The van der Waals surface area contributed by atoms with Gasteiger partial charge in [-0.1, -0.05) is 0 Å². The van der Waals surface area contributed by atoms with E-state index in [9.17, 15) is 20.3 Å². The molecule has 1 fully saturated rings. The second-order valence-corrected chi connectivity index (χ2v) is 4.09. The molecule has 1 aromatic rings. The number of aromatic nitrogens is 2. The van der Waals surface area contributed by atoms with Crippen LogP contribution in [0.4, 0.5) is 5.82 Å². The number of ether oxygens (including phenoxy) is 1. The summed E-state index contributed by atoms with van der Waals surface area (Å²) in [5, 5.41) is 37.8. The minimum Gasteiger partial charge on any atom is -0.394 e. The molecule has 2 rings (SSSR count). The average molecular weight is 268 g/mol. The smallest absolute Gasteiger partial charge is 0.352 e. The van der Waals surface area contributed by atoms with Crippen LogP contribution in [-0.4, -0.2) is 49.8 Å². The first-order chi connectivity index (χ1) is 8.96. The summed E-state index contributed by atoms with van der Waals surface area (Å²) in [6.45, 7) is -0.612. The van der Waals surface area contributed by atoms with E-state index in [1.54, 1.807) is 6.07 Å². The molecular formula is C10H12N4O5. The Morgan fingerprint density at radius 2 is 2.32 bits per heavy atom. The van der Waals surface area contributed by atoms with Crippen molar-refractivity contribution in [3.8, 4) is 6.07 Å². The Morgan fingerprint density at radius 3 is 2.79 bits per heavy atom. The molecule has 0 aromatic carbocycles. The van der Waals surface area contributed by atoms with Gasteiger partial charge in [-0.15, -0.1) is 0 Å². The van der Waals surface area contributed by atoms with Crippen LogP contribution in [0.2, 0.25) is 0 Å². The molecule has 1 saturated heterocycles. The monoisotopic (exact) mass is 268 g/mol. The number of nitrogen functional groups attached to an aromatic ring is 1. The number of rotatable bonds is 2. The zero-order chi connectivity index (χ0) is 14.2. The fourth-order valence-corrected chi connectivity index (χ4v) is 1.96. The highest BCUT2D eigenvalue weighted by molar-refractivity contribution is 5.25. The third kappa shape index (κ3) is 1.87. The standard InChI is InChI=1S/C10H12N4O5/c11-4-10(8(17)7(16)5(3-15)19-10)14-2-1-6(12)13-9(14)18/h1-2,5,7-8,15-17H,3H2,(H2,12,13,18)/t5-,7?,8+,10-/m1/s1. The van der Waals surface area contributed by atoms with E-state index in [-0.39, 0.29) is 5.82 Å². The van der Waals surface area contributed by atoms with E-state index < -0.39 is 36.3 Å². The number of hydrogen-bond donors (Lipinski definition) is 4. The summed E-state index contributed by atoms with van der Waals surface area (Å²) in [5.41, 5.74) is 2.27. The first-order valence-electron chi connectivity index (χ1n) is 5.38. The lowest BCUT2D eigenvalue weighted by molar-refractivity contribution is -0.109. The van der Waals surface area contributed by atoms with Crippen molar-refractivity contribution < 1.29 is 20.1 Å². The third-order valence-electron chi connectivity index (χ3n) is 2.96. The van der Waals surface area contributed by atoms with Crippen LogP contribution in [0.25, 0.3) is 0 Å². The van der Waals surface area contributed by atoms with Crippen LogP contribution in [0.3, 0.4) is 0 Å². The SMILES string of the molecule is N#C[C@@]1(n2ccc(N)nc2=O)O[C@H](CO)C(O)[C@@H]1O. The van der Waals surface area contributed by atoms with Gasteiger partial charge in [0.2, 0.25) is 0 Å². The van der Waals surface area contributed by atoms with Crippen molar-refractivity contribution in [1.29, 1.82) is 5.26 Å². The highest BCUT2D eigenvalue weighted by atomic mass is 16.6. The number of aliphatic hydroxyl groups is 3. The molecule has 0 bridgehead atoms. The number of nitrogens with two attached hydrogens (primary N) is 1. The lowest BCUT2D eigenvalue weighted by atomic mass is 10.0. The predicted molar refractivity (Wildman–Crippen MR) is 60.5 cm³/mol. The van der Waals surface area contributed by atoms with E-state index in [4.69, 9.17) is 15.6 Å². The molecule has 1 aromatic heterocycles.